The van der Waals surface area contributed by atoms with E-state index < -0.39 is 0 Å². The molecule has 0 amide bonds. The summed E-state index contributed by atoms with van der Waals surface area (Å²) in [6.45, 7) is 1.12. The van der Waals surface area contributed by atoms with E-state index in [4.69, 9.17) is 16.3 Å². The molecule has 1 heterocycles. The molecule has 0 fully saturated rings. The molecule has 0 aromatic carbocycles. The molecular formula is C10H17ClN4O. The lowest BCUT2D eigenvalue weighted by atomic mass is 10.4. The van der Waals surface area contributed by atoms with Gasteiger partial charge in [-0.05, 0) is 6.07 Å². The number of alkyl halides is 1. The fourth-order valence-electron chi connectivity index (χ4n) is 1.12. The zero-order valence-electron chi connectivity index (χ0n) is 9.77. The number of hydrogen-bond acceptors (Lipinski definition) is 5. The fraction of sp³-hybridized carbons (Fsp3) is 0.600. The van der Waals surface area contributed by atoms with Gasteiger partial charge in [0.1, 0.15) is 5.82 Å². The monoisotopic (exact) mass is 244 g/mol. The average molecular weight is 245 g/mol. The quantitative estimate of drug-likeness (QED) is 0.763. The van der Waals surface area contributed by atoms with Gasteiger partial charge in [-0.15, -0.1) is 11.6 Å². The number of rotatable bonds is 6. The van der Waals surface area contributed by atoms with Crippen molar-refractivity contribution < 1.29 is 4.74 Å². The van der Waals surface area contributed by atoms with E-state index in [-0.39, 0.29) is 5.38 Å². The van der Waals surface area contributed by atoms with Gasteiger partial charge in [0.25, 0.3) is 0 Å². The minimum absolute atomic E-state index is 0.0669. The summed E-state index contributed by atoms with van der Waals surface area (Å²) in [5, 5.41) is 3.07. The third-order valence-electron chi connectivity index (χ3n) is 1.90. The van der Waals surface area contributed by atoms with E-state index in [1.165, 1.54) is 0 Å². The van der Waals surface area contributed by atoms with Gasteiger partial charge in [0.2, 0.25) is 5.95 Å². The Morgan fingerprint density at radius 3 is 2.94 bits per heavy atom. The minimum Gasteiger partial charge on any atom is -0.383 e. The number of anilines is 2. The number of nitrogens with one attached hydrogen (secondary N) is 1. The third kappa shape index (κ3) is 4.20. The van der Waals surface area contributed by atoms with E-state index in [0.29, 0.717) is 19.1 Å². The van der Waals surface area contributed by atoms with Crippen LogP contribution in [0.2, 0.25) is 0 Å². The lowest BCUT2D eigenvalue weighted by Gasteiger charge is -2.13. The highest BCUT2D eigenvalue weighted by Gasteiger charge is 2.05. The van der Waals surface area contributed by atoms with Crippen molar-refractivity contribution in [2.24, 2.45) is 0 Å². The first kappa shape index (κ1) is 13.0. The first-order valence-corrected chi connectivity index (χ1v) is 5.44. The molecule has 0 aliphatic rings. The van der Waals surface area contributed by atoms with Crippen LogP contribution in [0, 0.1) is 0 Å². The Morgan fingerprint density at radius 1 is 1.56 bits per heavy atom. The van der Waals surface area contributed by atoms with Crippen LogP contribution in [0.25, 0.3) is 0 Å². The maximum absolute atomic E-state index is 5.99. The van der Waals surface area contributed by atoms with Gasteiger partial charge in [-0.3, -0.25) is 0 Å². The van der Waals surface area contributed by atoms with E-state index in [1.807, 2.05) is 25.1 Å². The Labute approximate surface area is 101 Å². The molecule has 1 N–H and O–H groups in total. The molecule has 0 spiro atoms. The second-order valence-corrected chi connectivity index (χ2v) is 4.19. The second kappa shape index (κ2) is 6.50. The van der Waals surface area contributed by atoms with E-state index in [0.717, 1.165) is 5.82 Å². The topological polar surface area (TPSA) is 50.3 Å². The van der Waals surface area contributed by atoms with Crippen LogP contribution < -0.4 is 10.2 Å². The van der Waals surface area contributed by atoms with Gasteiger partial charge in [0, 0.05) is 33.9 Å². The number of nitrogens with zero attached hydrogens (tertiary/aromatic N) is 3. The average Bonchev–Trinajstić information content (AvgIpc) is 2.27. The maximum Gasteiger partial charge on any atom is 0.226 e. The second-order valence-electron chi connectivity index (χ2n) is 3.57. The van der Waals surface area contributed by atoms with Crippen LogP contribution in [0.3, 0.4) is 0 Å². The van der Waals surface area contributed by atoms with Crippen LogP contribution >= 0.6 is 11.6 Å². The molecule has 0 saturated heterocycles. The molecule has 5 nitrogen and oxygen atoms in total. The highest BCUT2D eigenvalue weighted by Crippen LogP contribution is 2.08. The standard InChI is InChI=1S/C10H17ClN4O/c1-15(2)10-12-5-4-9(14-10)13-6-8(11)7-16-3/h4-5,8H,6-7H2,1-3H3,(H,12,13,14). The van der Waals surface area contributed by atoms with E-state index >= 15 is 0 Å². The molecule has 0 saturated carbocycles. The highest BCUT2D eigenvalue weighted by molar-refractivity contribution is 6.21. The van der Waals surface area contributed by atoms with Gasteiger partial charge >= 0.3 is 0 Å². The van der Waals surface area contributed by atoms with Gasteiger partial charge in [-0.2, -0.15) is 4.98 Å². The molecule has 1 atom stereocenters. The molecule has 0 aliphatic heterocycles. The van der Waals surface area contributed by atoms with Gasteiger partial charge in [0.05, 0.1) is 12.0 Å². The predicted molar refractivity (Wildman–Crippen MR) is 66.4 cm³/mol. The summed E-state index contributed by atoms with van der Waals surface area (Å²) in [6, 6.07) is 1.81. The SMILES string of the molecule is COCC(Cl)CNc1ccnc(N(C)C)n1. The molecule has 1 aromatic rings. The van der Waals surface area contributed by atoms with Gasteiger partial charge in [-0.25, -0.2) is 4.98 Å². The minimum atomic E-state index is -0.0669. The van der Waals surface area contributed by atoms with Gasteiger partial charge in [-0.1, -0.05) is 0 Å². The van der Waals surface area contributed by atoms with Crippen LogP contribution in [0.5, 0.6) is 0 Å². The van der Waals surface area contributed by atoms with Crippen molar-refractivity contribution in [1.29, 1.82) is 0 Å². The zero-order chi connectivity index (χ0) is 12.0. The van der Waals surface area contributed by atoms with E-state index in [2.05, 4.69) is 15.3 Å². The predicted octanol–water partition coefficient (Wildman–Crippen LogP) is 1.21. The Kier molecular flexibility index (Phi) is 5.28. The van der Waals surface area contributed by atoms with Crippen LogP contribution in [0.15, 0.2) is 12.3 Å². The first-order valence-electron chi connectivity index (χ1n) is 5.00. The Morgan fingerprint density at radius 2 is 2.31 bits per heavy atom. The Balaban J connectivity index is 2.50. The first-order chi connectivity index (χ1) is 7.63. The van der Waals surface area contributed by atoms with Gasteiger partial charge < -0.3 is 15.0 Å². The van der Waals surface area contributed by atoms with E-state index in [1.54, 1.807) is 13.3 Å². The van der Waals surface area contributed by atoms with Crippen molar-refractivity contribution in [2.75, 3.05) is 44.6 Å². The molecule has 0 radical (unpaired) electrons. The Hall–Kier alpha value is -1.07. The molecule has 90 valence electrons. The third-order valence-corrected chi connectivity index (χ3v) is 2.18. The zero-order valence-corrected chi connectivity index (χ0v) is 10.5. The molecule has 0 aliphatic carbocycles. The molecule has 16 heavy (non-hydrogen) atoms. The molecule has 1 aromatic heterocycles. The summed E-state index contributed by atoms with van der Waals surface area (Å²) >= 11 is 5.99. The van der Waals surface area contributed by atoms with Crippen LogP contribution in [0.1, 0.15) is 0 Å². The lowest BCUT2D eigenvalue weighted by molar-refractivity contribution is 0.200. The summed E-state index contributed by atoms with van der Waals surface area (Å²) in [5.41, 5.74) is 0. The highest BCUT2D eigenvalue weighted by atomic mass is 35.5. The lowest BCUT2D eigenvalue weighted by Crippen LogP contribution is -2.20. The van der Waals surface area contributed by atoms with Crippen molar-refractivity contribution in [2.45, 2.75) is 5.38 Å². The number of ether oxygens (including phenoxy) is 1. The summed E-state index contributed by atoms with van der Waals surface area (Å²) in [7, 11) is 5.42. The summed E-state index contributed by atoms with van der Waals surface area (Å²) in [5.74, 6) is 1.43. The van der Waals surface area contributed by atoms with Crippen molar-refractivity contribution in [1.82, 2.24) is 9.97 Å². The largest absolute Gasteiger partial charge is 0.383 e. The molecular weight excluding hydrogens is 228 g/mol. The number of hydrogen-bond donors (Lipinski definition) is 1. The van der Waals surface area contributed by atoms with Crippen LogP contribution in [-0.2, 0) is 4.74 Å². The van der Waals surface area contributed by atoms with Crippen molar-refractivity contribution in [3.8, 4) is 0 Å². The number of aromatic nitrogens is 2. The molecule has 1 rings (SSSR count). The van der Waals surface area contributed by atoms with E-state index in [9.17, 15) is 0 Å². The molecule has 0 bridgehead atoms. The fourth-order valence-corrected chi connectivity index (χ4v) is 1.32. The molecule has 1 unspecified atom stereocenters. The van der Waals surface area contributed by atoms with Crippen LogP contribution in [-0.4, -0.2) is 49.7 Å². The van der Waals surface area contributed by atoms with Crippen molar-refractivity contribution in [3.05, 3.63) is 12.3 Å². The smallest absolute Gasteiger partial charge is 0.226 e. The number of methoxy groups -OCH3 is 1. The maximum atomic E-state index is 5.99. The van der Waals surface area contributed by atoms with Crippen LogP contribution in [0.4, 0.5) is 11.8 Å². The van der Waals surface area contributed by atoms with Crippen molar-refractivity contribution >= 4 is 23.4 Å². The Bertz CT molecular complexity index is 321. The van der Waals surface area contributed by atoms with Gasteiger partial charge in [0.15, 0.2) is 0 Å². The summed E-state index contributed by atoms with van der Waals surface area (Å²) in [4.78, 5) is 10.3. The summed E-state index contributed by atoms with van der Waals surface area (Å²) in [6.07, 6.45) is 1.71. The van der Waals surface area contributed by atoms with Crippen molar-refractivity contribution in [3.63, 3.8) is 0 Å². The summed E-state index contributed by atoms with van der Waals surface area (Å²) < 4.78 is 4.94. The normalized spacial score (nSPS) is 12.2. The molecule has 6 heteroatoms. The number of halogens is 1.